The topological polar surface area (TPSA) is 86.8 Å². The van der Waals surface area contributed by atoms with Gasteiger partial charge in [0.1, 0.15) is 12.6 Å². The Labute approximate surface area is 269 Å². The molecule has 0 spiro atoms. The molecule has 0 bridgehead atoms. The Balaban J connectivity index is 1.84. The average molecular weight is 653 g/mol. The fourth-order valence-corrected chi connectivity index (χ4v) is 7.01. The van der Waals surface area contributed by atoms with Crippen LogP contribution in [0.25, 0.3) is 0 Å². The quantitative estimate of drug-likeness (QED) is 0.201. The van der Waals surface area contributed by atoms with Gasteiger partial charge < -0.3 is 10.2 Å². The third-order valence-electron chi connectivity index (χ3n) is 7.42. The summed E-state index contributed by atoms with van der Waals surface area (Å²) in [4.78, 5) is 29.3. The van der Waals surface area contributed by atoms with Crippen LogP contribution in [0.5, 0.6) is 0 Å². The SMILES string of the molecule is CNC(=O)[C@@H](Cc1ccccc1)N(Cc1c(Cl)cccc1Cl)C(=O)CN(c1ccc(C)cc1C)S(=O)(=O)c1ccc(C)cc1. The molecule has 10 heteroatoms. The number of aryl methyl sites for hydroxylation is 3. The summed E-state index contributed by atoms with van der Waals surface area (Å²) in [6, 6.07) is 25.1. The van der Waals surface area contributed by atoms with Gasteiger partial charge in [-0.1, -0.05) is 95.0 Å². The summed E-state index contributed by atoms with van der Waals surface area (Å²) >= 11 is 13.1. The second kappa shape index (κ2) is 14.3. The number of carbonyl (C=O) groups is 2. The van der Waals surface area contributed by atoms with E-state index < -0.39 is 34.4 Å². The smallest absolute Gasteiger partial charge is 0.264 e. The molecule has 0 fully saturated rings. The van der Waals surface area contributed by atoms with Crippen molar-refractivity contribution in [3.8, 4) is 0 Å². The number of benzene rings is 4. The van der Waals surface area contributed by atoms with Crippen LogP contribution in [0, 0.1) is 20.8 Å². The van der Waals surface area contributed by atoms with Crippen molar-refractivity contribution in [1.29, 1.82) is 0 Å². The molecule has 4 aromatic carbocycles. The summed E-state index contributed by atoms with van der Waals surface area (Å²) in [5, 5.41) is 3.31. The molecule has 1 N–H and O–H groups in total. The second-order valence-corrected chi connectivity index (χ2v) is 13.3. The van der Waals surface area contributed by atoms with Gasteiger partial charge in [0, 0.05) is 35.6 Å². The molecule has 2 amide bonds. The van der Waals surface area contributed by atoms with Gasteiger partial charge in [0.2, 0.25) is 11.8 Å². The number of likely N-dealkylation sites (N-methyl/N-ethyl adjacent to an activating group) is 1. The number of hydrogen-bond acceptors (Lipinski definition) is 4. The molecule has 4 aromatic rings. The first kappa shape index (κ1) is 33.1. The molecule has 44 heavy (non-hydrogen) atoms. The van der Waals surface area contributed by atoms with E-state index in [9.17, 15) is 18.0 Å². The number of carbonyl (C=O) groups excluding carboxylic acids is 2. The molecule has 0 saturated heterocycles. The molecular weight excluding hydrogens is 617 g/mol. The number of anilines is 1. The van der Waals surface area contributed by atoms with Crippen molar-refractivity contribution in [2.75, 3.05) is 17.9 Å². The van der Waals surface area contributed by atoms with Crippen LogP contribution in [0.4, 0.5) is 5.69 Å². The first-order valence-electron chi connectivity index (χ1n) is 14.1. The van der Waals surface area contributed by atoms with Crippen molar-refractivity contribution in [3.63, 3.8) is 0 Å². The number of hydrogen-bond donors (Lipinski definition) is 1. The minimum atomic E-state index is -4.20. The molecule has 0 aromatic heterocycles. The fraction of sp³-hybridized carbons (Fsp3) is 0.235. The van der Waals surface area contributed by atoms with E-state index in [-0.39, 0.29) is 17.9 Å². The van der Waals surface area contributed by atoms with Gasteiger partial charge in [-0.2, -0.15) is 0 Å². The Morgan fingerprint density at radius 3 is 2.02 bits per heavy atom. The maximum atomic E-state index is 14.5. The highest BCUT2D eigenvalue weighted by Crippen LogP contribution is 2.30. The average Bonchev–Trinajstić information content (AvgIpc) is 2.99. The van der Waals surface area contributed by atoms with E-state index in [4.69, 9.17) is 23.2 Å². The van der Waals surface area contributed by atoms with Crippen LogP contribution in [-0.2, 0) is 32.6 Å². The van der Waals surface area contributed by atoms with E-state index in [0.717, 1.165) is 21.0 Å². The molecule has 4 rings (SSSR count). The van der Waals surface area contributed by atoms with Gasteiger partial charge in [0.15, 0.2) is 0 Å². The van der Waals surface area contributed by atoms with Gasteiger partial charge >= 0.3 is 0 Å². The van der Waals surface area contributed by atoms with Crippen molar-refractivity contribution in [3.05, 3.63) is 129 Å². The van der Waals surface area contributed by atoms with Crippen molar-refractivity contribution in [1.82, 2.24) is 10.2 Å². The Kier molecular flexibility index (Phi) is 10.7. The maximum absolute atomic E-state index is 14.5. The van der Waals surface area contributed by atoms with Crippen molar-refractivity contribution in [2.24, 2.45) is 0 Å². The van der Waals surface area contributed by atoms with Crippen LogP contribution >= 0.6 is 23.2 Å². The van der Waals surface area contributed by atoms with E-state index in [1.165, 1.54) is 24.1 Å². The maximum Gasteiger partial charge on any atom is 0.264 e. The lowest BCUT2D eigenvalue weighted by atomic mass is 10.0. The number of nitrogens with one attached hydrogen (secondary N) is 1. The zero-order valence-corrected chi connectivity index (χ0v) is 27.4. The van der Waals surface area contributed by atoms with Gasteiger partial charge in [-0.05, 0) is 62.2 Å². The molecule has 0 heterocycles. The zero-order valence-electron chi connectivity index (χ0n) is 25.1. The summed E-state index contributed by atoms with van der Waals surface area (Å²) in [6.45, 7) is 4.89. The predicted octanol–water partition coefficient (Wildman–Crippen LogP) is 6.50. The third kappa shape index (κ3) is 7.62. The van der Waals surface area contributed by atoms with Crippen LogP contribution < -0.4 is 9.62 Å². The lowest BCUT2D eigenvalue weighted by Gasteiger charge is -2.34. The highest BCUT2D eigenvalue weighted by Gasteiger charge is 2.35. The predicted molar refractivity (Wildman–Crippen MR) is 177 cm³/mol. The molecule has 0 aliphatic carbocycles. The van der Waals surface area contributed by atoms with E-state index >= 15 is 0 Å². The minimum absolute atomic E-state index is 0.0451. The normalized spacial score (nSPS) is 12.0. The molecular formula is C34H35Cl2N3O4S. The van der Waals surface area contributed by atoms with Crippen molar-refractivity contribution >= 4 is 50.7 Å². The molecule has 7 nitrogen and oxygen atoms in total. The van der Waals surface area contributed by atoms with Gasteiger partial charge in [-0.25, -0.2) is 8.42 Å². The fourth-order valence-electron chi connectivity index (χ4n) is 5.01. The van der Waals surface area contributed by atoms with Gasteiger partial charge in [-0.3, -0.25) is 13.9 Å². The van der Waals surface area contributed by atoms with Crippen LogP contribution in [0.2, 0.25) is 10.0 Å². The summed E-state index contributed by atoms with van der Waals surface area (Å²) in [7, 11) is -2.71. The molecule has 230 valence electrons. The van der Waals surface area contributed by atoms with Gasteiger partial charge in [0.25, 0.3) is 10.0 Å². The van der Waals surface area contributed by atoms with Gasteiger partial charge in [0.05, 0.1) is 10.6 Å². The largest absolute Gasteiger partial charge is 0.357 e. The van der Waals surface area contributed by atoms with Crippen LogP contribution in [0.1, 0.15) is 27.8 Å². The first-order chi connectivity index (χ1) is 20.9. The van der Waals surface area contributed by atoms with E-state index in [1.54, 1.807) is 49.4 Å². The summed E-state index contributed by atoms with van der Waals surface area (Å²) in [5.74, 6) is -1.01. The van der Waals surface area contributed by atoms with Crippen molar-refractivity contribution in [2.45, 2.75) is 44.7 Å². The molecule has 0 aliphatic heterocycles. The Morgan fingerprint density at radius 2 is 1.43 bits per heavy atom. The molecule has 1 atom stereocenters. The van der Waals surface area contributed by atoms with Crippen LogP contribution in [0.3, 0.4) is 0 Å². The third-order valence-corrected chi connectivity index (χ3v) is 9.90. The first-order valence-corrected chi connectivity index (χ1v) is 16.3. The number of sulfonamides is 1. The van der Waals surface area contributed by atoms with E-state index in [0.29, 0.717) is 26.9 Å². The summed E-state index contributed by atoms with van der Waals surface area (Å²) < 4.78 is 29.5. The second-order valence-electron chi connectivity index (χ2n) is 10.7. The Hall–Kier alpha value is -3.85. The molecule has 0 radical (unpaired) electrons. The number of amides is 2. The van der Waals surface area contributed by atoms with E-state index in [2.05, 4.69) is 5.32 Å². The Morgan fingerprint density at radius 1 is 0.818 bits per heavy atom. The van der Waals surface area contributed by atoms with Gasteiger partial charge in [-0.15, -0.1) is 0 Å². The minimum Gasteiger partial charge on any atom is -0.357 e. The number of nitrogens with zero attached hydrogens (tertiary/aromatic N) is 2. The molecule has 0 unspecified atom stereocenters. The molecule has 0 aliphatic rings. The van der Waals surface area contributed by atoms with Crippen molar-refractivity contribution < 1.29 is 18.0 Å². The monoisotopic (exact) mass is 651 g/mol. The van der Waals surface area contributed by atoms with E-state index in [1.807, 2.05) is 50.2 Å². The van der Waals surface area contributed by atoms with Crippen LogP contribution in [0.15, 0.2) is 95.9 Å². The summed E-state index contributed by atoms with van der Waals surface area (Å²) in [5.41, 5.74) is 4.16. The standard InChI is InChI=1S/C34H35Cl2N3O4S/c1-23-13-16-27(17-14-23)44(42,43)39(31-18-15-24(2)19-25(31)3)22-33(40)38(21-28-29(35)11-8-12-30(28)36)32(34(41)37-4)20-26-9-6-5-7-10-26/h5-19,32H,20-22H2,1-4H3,(H,37,41)/t32-/m1/s1. The zero-order chi connectivity index (χ0) is 32.0. The number of halogens is 2. The molecule has 0 saturated carbocycles. The lowest BCUT2D eigenvalue weighted by molar-refractivity contribution is -0.139. The Bertz CT molecular complexity index is 1730. The number of rotatable bonds is 11. The summed E-state index contributed by atoms with van der Waals surface area (Å²) in [6.07, 6.45) is 0.183. The van der Waals surface area contributed by atoms with Crippen LogP contribution in [-0.4, -0.2) is 44.8 Å². The lowest BCUT2D eigenvalue weighted by Crippen LogP contribution is -2.53. The highest BCUT2D eigenvalue weighted by molar-refractivity contribution is 7.92. The highest BCUT2D eigenvalue weighted by atomic mass is 35.5.